The lowest BCUT2D eigenvalue weighted by molar-refractivity contribution is 0.394. The highest BCUT2D eigenvalue weighted by molar-refractivity contribution is 5.40. The molecule has 0 aliphatic rings. The van der Waals surface area contributed by atoms with Gasteiger partial charge in [0.05, 0.1) is 14.2 Å². The minimum atomic E-state index is 0.279. The van der Waals surface area contributed by atoms with Crippen LogP contribution in [0.25, 0.3) is 0 Å². The van der Waals surface area contributed by atoms with Gasteiger partial charge in [-0.05, 0) is 49.2 Å². The Bertz CT molecular complexity index is 325. The zero-order chi connectivity index (χ0) is 12.0. The number of methoxy groups -OCH3 is 2. The van der Waals surface area contributed by atoms with E-state index in [2.05, 4.69) is 0 Å². The summed E-state index contributed by atoms with van der Waals surface area (Å²) in [7, 11) is 3.31. The van der Waals surface area contributed by atoms with Crippen LogP contribution in [0.3, 0.4) is 0 Å². The molecule has 0 aliphatic heterocycles. The standard InChI is InChI=1S/C12H20N2O2/c1-15-11-3-4-12(16-2)10(6-11)5-9(7-13)8-14/h3-4,6,9H,5,7-8,13-14H2,1-2H3. The largest absolute Gasteiger partial charge is 0.497 e. The number of rotatable bonds is 6. The fourth-order valence-corrected chi connectivity index (χ4v) is 1.62. The maximum absolute atomic E-state index is 5.64. The molecule has 4 nitrogen and oxygen atoms in total. The average molecular weight is 224 g/mol. The van der Waals surface area contributed by atoms with Crippen LogP contribution in [-0.4, -0.2) is 27.3 Å². The zero-order valence-corrected chi connectivity index (χ0v) is 9.90. The molecule has 0 atom stereocenters. The summed E-state index contributed by atoms with van der Waals surface area (Å²) >= 11 is 0. The van der Waals surface area contributed by atoms with Gasteiger partial charge in [-0.2, -0.15) is 0 Å². The van der Waals surface area contributed by atoms with Crippen molar-refractivity contribution in [3.63, 3.8) is 0 Å². The summed E-state index contributed by atoms with van der Waals surface area (Å²) in [4.78, 5) is 0. The average Bonchev–Trinajstić information content (AvgIpc) is 2.35. The molecule has 0 amide bonds. The number of hydrogen-bond acceptors (Lipinski definition) is 4. The first kappa shape index (κ1) is 12.8. The molecule has 16 heavy (non-hydrogen) atoms. The highest BCUT2D eigenvalue weighted by Crippen LogP contribution is 2.25. The Balaban J connectivity index is 2.90. The Morgan fingerprint density at radius 3 is 2.31 bits per heavy atom. The molecule has 0 aromatic heterocycles. The van der Waals surface area contributed by atoms with E-state index >= 15 is 0 Å². The minimum absolute atomic E-state index is 0.279. The molecule has 0 bridgehead atoms. The molecule has 90 valence electrons. The van der Waals surface area contributed by atoms with Crippen molar-refractivity contribution in [2.75, 3.05) is 27.3 Å². The van der Waals surface area contributed by atoms with Crippen LogP contribution in [-0.2, 0) is 6.42 Å². The molecule has 0 unspecified atom stereocenters. The van der Waals surface area contributed by atoms with Crippen molar-refractivity contribution in [1.29, 1.82) is 0 Å². The van der Waals surface area contributed by atoms with Crippen molar-refractivity contribution >= 4 is 0 Å². The van der Waals surface area contributed by atoms with E-state index in [4.69, 9.17) is 20.9 Å². The van der Waals surface area contributed by atoms with Gasteiger partial charge in [-0.3, -0.25) is 0 Å². The molecule has 4 N–H and O–H groups in total. The van der Waals surface area contributed by atoms with Crippen LogP contribution in [0, 0.1) is 5.92 Å². The quantitative estimate of drug-likeness (QED) is 0.749. The van der Waals surface area contributed by atoms with Gasteiger partial charge in [0.25, 0.3) is 0 Å². The number of nitrogens with two attached hydrogens (primary N) is 2. The third kappa shape index (κ3) is 3.12. The Morgan fingerprint density at radius 1 is 1.12 bits per heavy atom. The molecule has 0 saturated heterocycles. The van der Waals surface area contributed by atoms with Crippen LogP contribution >= 0.6 is 0 Å². The van der Waals surface area contributed by atoms with E-state index in [1.807, 2.05) is 18.2 Å². The highest BCUT2D eigenvalue weighted by Gasteiger charge is 2.11. The maximum Gasteiger partial charge on any atom is 0.122 e. The summed E-state index contributed by atoms with van der Waals surface area (Å²) in [5.74, 6) is 1.96. The van der Waals surface area contributed by atoms with Crippen LogP contribution in [0.2, 0.25) is 0 Å². The lowest BCUT2D eigenvalue weighted by Crippen LogP contribution is -2.25. The van der Waals surface area contributed by atoms with E-state index in [9.17, 15) is 0 Å². The van der Waals surface area contributed by atoms with E-state index in [0.29, 0.717) is 13.1 Å². The van der Waals surface area contributed by atoms with Gasteiger partial charge < -0.3 is 20.9 Å². The summed E-state index contributed by atoms with van der Waals surface area (Å²) in [6, 6.07) is 5.75. The Kier molecular flexibility index (Phi) is 5.08. The van der Waals surface area contributed by atoms with Crippen LogP contribution in [0.4, 0.5) is 0 Å². The topological polar surface area (TPSA) is 70.5 Å². The summed E-state index contributed by atoms with van der Waals surface area (Å²) < 4.78 is 10.5. The molecule has 0 aliphatic carbocycles. The van der Waals surface area contributed by atoms with E-state index < -0.39 is 0 Å². The normalized spacial score (nSPS) is 10.6. The van der Waals surface area contributed by atoms with E-state index in [-0.39, 0.29) is 5.92 Å². The molecule has 0 fully saturated rings. The van der Waals surface area contributed by atoms with Gasteiger partial charge in [0.2, 0.25) is 0 Å². The first-order valence-electron chi connectivity index (χ1n) is 5.36. The van der Waals surface area contributed by atoms with Crippen molar-refractivity contribution in [2.24, 2.45) is 17.4 Å². The third-order valence-electron chi connectivity index (χ3n) is 2.66. The van der Waals surface area contributed by atoms with Gasteiger partial charge in [0.15, 0.2) is 0 Å². The molecule has 0 heterocycles. The lowest BCUT2D eigenvalue weighted by Gasteiger charge is -2.15. The maximum atomic E-state index is 5.64. The predicted molar refractivity (Wildman–Crippen MR) is 64.8 cm³/mol. The van der Waals surface area contributed by atoms with Crippen LogP contribution < -0.4 is 20.9 Å². The predicted octanol–water partition coefficient (Wildman–Crippen LogP) is 0.780. The summed E-state index contributed by atoms with van der Waals surface area (Å²) in [5, 5.41) is 0. The highest BCUT2D eigenvalue weighted by atomic mass is 16.5. The van der Waals surface area contributed by atoms with Crippen molar-refractivity contribution in [3.8, 4) is 11.5 Å². The summed E-state index contributed by atoms with van der Waals surface area (Å²) in [6.07, 6.45) is 0.813. The molecule has 1 aromatic rings. The van der Waals surface area contributed by atoms with Crippen molar-refractivity contribution < 1.29 is 9.47 Å². The SMILES string of the molecule is COc1ccc(OC)c(CC(CN)CN)c1. The van der Waals surface area contributed by atoms with Crippen LogP contribution in [0.5, 0.6) is 11.5 Å². The van der Waals surface area contributed by atoms with Crippen LogP contribution in [0.1, 0.15) is 5.56 Å². The molecule has 0 radical (unpaired) electrons. The second-order valence-corrected chi connectivity index (χ2v) is 3.72. The van der Waals surface area contributed by atoms with Gasteiger partial charge in [-0.15, -0.1) is 0 Å². The van der Waals surface area contributed by atoms with Gasteiger partial charge in [0, 0.05) is 0 Å². The fraction of sp³-hybridized carbons (Fsp3) is 0.500. The molecule has 1 rings (SSSR count). The molecule has 0 spiro atoms. The van der Waals surface area contributed by atoms with Gasteiger partial charge in [-0.25, -0.2) is 0 Å². The molecular formula is C12H20N2O2. The third-order valence-corrected chi connectivity index (χ3v) is 2.66. The van der Waals surface area contributed by atoms with Crippen molar-refractivity contribution in [3.05, 3.63) is 23.8 Å². The number of benzene rings is 1. The fourth-order valence-electron chi connectivity index (χ4n) is 1.62. The van der Waals surface area contributed by atoms with Crippen LogP contribution in [0.15, 0.2) is 18.2 Å². The Morgan fingerprint density at radius 2 is 1.81 bits per heavy atom. The second-order valence-electron chi connectivity index (χ2n) is 3.72. The zero-order valence-electron chi connectivity index (χ0n) is 9.90. The molecular weight excluding hydrogens is 204 g/mol. The van der Waals surface area contributed by atoms with E-state index in [1.54, 1.807) is 14.2 Å². The minimum Gasteiger partial charge on any atom is -0.497 e. The molecule has 0 saturated carbocycles. The van der Waals surface area contributed by atoms with E-state index in [1.165, 1.54) is 0 Å². The first-order valence-corrected chi connectivity index (χ1v) is 5.36. The monoisotopic (exact) mass is 224 g/mol. The summed E-state index contributed by atoms with van der Waals surface area (Å²) in [6.45, 7) is 1.16. The van der Waals surface area contributed by atoms with Crippen molar-refractivity contribution in [1.82, 2.24) is 0 Å². The first-order chi connectivity index (χ1) is 7.74. The molecule has 1 aromatic carbocycles. The lowest BCUT2D eigenvalue weighted by atomic mass is 9.98. The van der Waals surface area contributed by atoms with Gasteiger partial charge in [0.1, 0.15) is 11.5 Å². The van der Waals surface area contributed by atoms with Gasteiger partial charge >= 0.3 is 0 Å². The Hall–Kier alpha value is -1.26. The summed E-state index contributed by atoms with van der Waals surface area (Å²) in [5.41, 5.74) is 12.4. The van der Waals surface area contributed by atoms with Gasteiger partial charge in [-0.1, -0.05) is 0 Å². The number of ether oxygens (including phenoxy) is 2. The smallest absolute Gasteiger partial charge is 0.122 e. The number of hydrogen-bond donors (Lipinski definition) is 2. The molecule has 4 heteroatoms. The van der Waals surface area contributed by atoms with Crippen molar-refractivity contribution in [2.45, 2.75) is 6.42 Å². The second kappa shape index (κ2) is 6.35. The Labute approximate surface area is 96.5 Å². The van der Waals surface area contributed by atoms with E-state index in [0.717, 1.165) is 23.5 Å².